The number of rotatable bonds is 5. The predicted octanol–water partition coefficient (Wildman–Crippen LogP) is 1.38. The van der Waals surface area contributed by atoms with Crippen LogP contribution in [0.2, 0.25) is 0 Å². The summed E-state index contributed by atoms with van der Waals surface area (Å²) >= 11 is 0. The van der Waals surface area contributed by atoms with Gasteiger partial charge in [0.2, 0.25) is 5.91 Å². The van der Waals surface area contributed by atoms with Crippen LogP contribution in [-0.2, 0) is 11.2 Å². The van der Waals surface area contributed by atoms with Crippen LogP contribution in [0.5, 0.6) is 0 Å². The van der Waals surface area contributed by atoms with Crippen LogP contribution in [0.4, 0.5) is 0 Å². The topological polar surface area (TPSA) is 40.5 Å². The van der Waals surface area contributed by atoms with Gasteiger partial charge in [0.25, 0.3) is 0 Å². The Kier molecular flexibility index (Phi) is 4.99. The van der Waals surface area contributed by atoms with Gasteiger partial charge in [0.1, 0.15) is 0 Å². The molecule has 3 nitrogen and oxygen atoms in total. The van der Waals surface area contributed by atoms with E-state index in [2.05, 4.69) is 31.2 Å². The molecule has 1 aromatic carbocycles. The number of carbonyl (C=O) groups excluding carboxylic acids is 1. The first kappa shape index (κ1) is 12.7. The summed E-state index contributed by atoms with van der Waals surface area (Å²) in [5.41, 5.74) is 2.47. The molecule has 0 saturated heterocycles. The van der Waals surface area contributed by atoms with E-state index in [1.807, 2.05) is 0 Å². The van der Waals surface area contributed by atoms with E-state index in [1.54, 1.807) is 11.9 Å². The van der Waals surface area contributed by atoms with Crippen LogP contribution in [0.25, 0.3) is 0 Å². The van der Waals surface area contributed by atoms with E-state index in [1.165, 1.54) is 11.1 Å². The standard InChI is InChI=1S/C13H19NO2/c1-11-3-5-12(6-4-11)7-9-14(2)13(16)8-10-15/h3-6,15H,7-10H2,1-2H3. The Bertz CT molecular complexity index is 332. The van der Waals surface area contributed by atoms with E-state index in [4.69, 9.17) is 5.11 Å². The van der Waals surface area contributed by atoms with Gasteiger partial charge in [-0.25, -0.2) is 0 Å². The second-order valence-electron chi connectivity index (χ2n) is 4.02. The maximum Gasteiger partial charge on any atom is 0.224 e. The van der Waals surface area contributed by atoms with Crippen molar-refractivity contribution in [2.45, 2.75) is 19.8 Å². The van der Waals surface area contributed by atoms with Crippen LogP contribution >= 0.6 is 0 Å². The molecular weight excluding hydrogens is 202 g/mol. The molecule has 0 saturated carbocycles. The summed E-state index contributed by atoms with van der Waals surface area (Å²) < 4.78 is 0. The molecule has 1 amide bonds. The molecule has 0 radical (unpaired) electrons. The largest absolute Gasteiger partial charge is 0.396 e. The van der Waals surface area contributed by atoms with Gasteiger partial charge in [0.15, 0.2) is 0 Å². The summed E-state index contributed by atoms with van der Waals surface area (Å²) in [6.45, 7) is 2.68. The van der Waals surface area contributed by atoms with Gasteiger partial charge in [0.05, 0.1) is 6.61 Å². The van der Waals surface area contributed by atoms with Gasteiger partial charge in [0, 0.05) is 20.0 Å². The third-order valence-electron chi connectivity index (χ3n) is 2.61. The highest BCUT2D eigenvalue weighted by atomic mass is 16.3. The molecule has 0 aliphatic rings. The van der Waals surface area contributed by atoms with E-state index in [0.717, 1.165) is 6.42 Å². The summed E-state index contributed by atoms with van der Waals surface area (Å²) in [5, 5.41) is 8.65. The number of aryl methyl sites for hydroxylation is 1. The quantitative estimate of drug-likeness (QED) is 0.816. The van der Waals surface area contributed by atoms with Gasteiger partial charge >= 0.3 is 0 Å². The van der Waals surface area contributed by atoms with Crippen molar-refractivity contribution in [2.75, 3.05) is 20.2 Å². The molecule has 0 spiro atoms. The number of hydrogen-bond donors (Lipinski definition) is 1. The summed E-state index contributed by atoms with van der Waals surface area (Å²) in [6, 6.07) is 8.31. The Balaban J connectivity index is 2.39. The highest BCUT2D eigenvalue weighted by Gasteiger charge is 2.07. The van der Waals surface area contributed by atoms with E-state index < -0.39 is 0 Å². The molecule has 3 heteroatoms. The Labute approximate surface area is 96.7 Å². The smallest absolute Gasteiger partial charge is 0.224 e. The van der Waals surface area contributed by atoms with Crippen molar-refractivity contribution in [3.8, 4) is 0 Å². The lowest BCUT2D eigenvalue weighted by Crippen LogP contribution is -2.29. The zero-order chi connectivity index (χ0) is 12.0. The Morgan fingerprint density at radius 3 is 2.50 bits per heavy atom. The normalized spacial score (nSPS) is 10.2. The molecule has 1 N–H and O–H groups in total. The first-order valence-corrected chi connectivity index (χ1v) is 5.54. The number of carbonyl (C=O) groups is 1. The average Bonchev–Trinajstić information content (AvgIpc) is 2.28. The monoisotopic (exact) mass is 221 g/mol. The Hall–Kier alpha value is -1.35. The molecule has 0 aliphatic carbocycles. The van der Waals surface area contributed by atoms with Crippen molar-refractivity contribution in [2.24, 2.45) is 0 Å². The van der Waals surface area contributed by atoms with Gasteiger partial charge in [-0.3, -0.25) is 4.79 Å². The fraction of sp³-hybridized carbons (Fsp3) is 0.462. The minimum atomic E-state index is -0.0757. The maximum absolute atomic E-state index is 11.4. The molecule has 1 rings (SSSR count). The van der Waals surface area contributed by atoms with Crippen molar-refractivity contribution in [1.29, 1.82) is 0 Å². The second kappa shape index (κ2) is 6.28. The van der Waals surface area contributed by atoms with Crippen LogP contribution in [0.15, 0.2) is 24.3 Å². The Morgan fingerprint density at radius 1 is 1.31 bits per heavy atom. The minimum absolute atomic E-state index is 0.00499. The van der Waals surface area contributed by atoms with Crippen molar-refractivity contribution in [3.63, 3.8) is 0 Å². The first-order chi connectivity index (χ1) is 7.63. The lowest BCUT2D eigenvalue weighted by molar-refractivity contribution is -0.130. The molecule has 0 bridgehead atoms. The number of benzene rings is 1. The van der Waals surface area contributed by atoms with Gasteiger partial charge < -0.3 is 10.0 Å². The molecule has 88 valence electrons. The highest BCUT2D eigenvalue weighted by Crippen LogP contribution is 2.04. The zero-order valence-corrected chi connectivity index (χ0v) is 9.94. The molecule has 0 unspecified atom stereocenters. The second-order valence-corrected chi connectivity index (χ2v) is 4.02. The third kappa shape index (κ3) is 4.03. The Morgan fingerprint density at radius 2 is 1.94 bits per heavy atom. The van der Waals surface area contributed by atoms with Gasteiger partial charge in [-0.2, -0.15) is 0 Å². The van der Waals surface area contributed by atoms with Gasteiger partial charge in [-0.05, 0) is 18.9 Å². The highest BCUT2D eigenvalue weighted by molar-refractivity contribution is 5.75. The number of amides is 1. The number of aliphatic hydroxyl groups excluding tert-OH is 1. The van der Waals surface area contributed by atoms with Gasteiger partial charge in [-0.15, -0.1) is 0 Å². The first-order valence-electron chi connectivity index (χ1n) is 5.54. The van der Waals surface area contributed by atoms with Crippen molar-refractivity contribution >= 4 is 5.91 Å². The molecule has 0 heterocycles. The van der Waals surface area contributed by atoms with E-state index >= 15 is 0 Å². The van der Waals surface area contributed by atoms with Crippen molar-refractivity contribution in [3.05, 3.63) is 35.4 Å². The zero-order valence-electron chi connectivity index (χ0n) is 9.94. The fourth-order valence-electron chi connectivity index (χ4n) is 1.46. The molecule has 0 aromatic heterocycles. The van der Waals surface area contributed by atoms with Crippen molar-refractivity contribution < 1.29 is 9.90 Å². The summed E-state index contributed by atoms with van der Waals surface area (Å²) in [4.78, 5) is 13.0. The number of hydrogen-bond acceptors (Lipinski definition) is 2. The molecule has 16 heavy (non-hydrogen) atoms. The van der Waals surface area contributed by atoms with Crippen molar-refractivity contribution in [1.82, 2.24) is 4.90 Å². The van der Waals surface area contributed by atoms with E-state index in [0.29, 0.717) is 6.54 Å². The predicted molar refractivity (Wildman–Crippen MR) is 64.2 cm³/mol. The summed E-state index contributed by atoms with van der Waals surface area (Å²) in [7, 11) is 1.77. The molecular formula is C13H19NO2. The lowest BCUT2D eigenvalue weighted by atomic mass is 10.1. The van der Waals surface area contributed by atoms with Gasteiger partial charge in [-0.1, -0.05) is 29.8 Å². The van der Waals surface area contributed by atoms with E-state index in [9.17, 15) is 4.79 Å². The van der Waals surface area contributed by atoms with Crippen LogP contribution < -0.4 is 0 Å². The SMILES string of the molecule is Cc1ccc(CCN(C)C(=O)CCO)cc1. The average molecular weight is 221 g/mol. The maximum atomic E-state index is 11.4. The number of aliphatic hydroxyl groups is 1. The molecule has 0 aliphatic heterocycles. The summed E-state index contributed by atoms with van der Waals surface area (Å²) in [5.74, 6) is -0.00499. The molecule has 1 aromatic rings. The van der Waals surface area contributed by atoms with E-state index in [-0.39, 0.29) is 18.9 Å². The third-order valence-corrected chi connectivity index (χ3v) is 2.61. The van der Waals surface area contributed by atoms with Crippen LogP contribution in [-0.4, -0.2) is 36.1 Å². The lowest BCUT2D eigenvalue weighted by Gasteiger charge is -2.16. The number of likely N-dealkylation sites (N-methyl/N-ethyl adjacent to an activating group) is 1. The molecule has 0 fully saturated rings. The minimum Gasteiger partial charge on any atom is -0.396 e. The van der Waals surface area contributed by atoms with Crippen LogP contribution in [0, 0.1) is 6.92 Å². The molecule has 0 atom stereocenters. The van der Waals surface area contributed by atoms with Crippen LogP contribution in [0.1, 0.15) is 17.5 Å². The number of nitrogens with zero attached hydrogens (tertiary/aromatic N) is 1. The fourth-order valence-corrected chi connectivity index (χ4v) is 1.46. The summed E-state index contributed by atoms with van der Waals surface area (Å²) in [6.07, 6.45) is 1.07. The van der Waals surface area contributed by atoms with Crippen LogP contribution in [0.3, 0.4) is 0 Å².